The Morgan fingerprint density at radius 1 is 1.11 bits per heavy atom. The maximum absolute atomic E-state index is 12.8. The van der Waals surface area contributed by atoms with Crippen molar-refractivity contribution in [1.82, 2.24) is 15.1 Å². The van der Waals surface area contributed by atoms with Crippen LogP contribution in [-0.2, 0) is 9.84 Å². The molecule has 150 valence electrons. The Balaban J connectivity index is 1.65. The van der Waals surface area contributed by atoms with Crippen LogP contribution in [0.2, 0.25) is 0 Å². The van der Waals surface area contributed by atoms with E-state index < -0.39 is 9.84 Å². The largest absolute Gasteiger partial charge is 0.348 e. The van der Waals surface area contributed by atoms with Crippen molar-refractivity contribution in [2.45, 2.75) is 57.5 Å². The molecule has 1 aromatic carbocycles. The first kappa shape index (κ1) is 19.2. The normalized spacial score (nSPS) is 22.2. The molecule has 1 unspecified atom stereocenters. The fourth-order valence-corrected chi connectivity index (χ4v) is 5.89. The predicted octanol–water partition coefficient (Wildman–Crippen LogP) is 3.28. The molecule has 1 aromatic heterocycles. The smallest absolute Gasteiger partial charge is 0.272 e. The molecule has 1 saturated heterocycles. The second-order valence-corrected chi connectivity index (χ2v) is 10.3. The van der Waals surface area contributed by atoms with Gasteiger partial charge in [0, 0.05) is 6.04 Å². The minimum atomic E-state index is -3.04. The summed E-state index contributed by atoms with van der Waals surface area (Å²) in [6.45, 7) is 2.02. The van der Waals surface area contributed by atoms with Crippen LogP contribution in [0.15, 0.2) is 30.3 Å². The molecule has 0 spiro atoms. The van der Waals surface area contributed by atoms with E-state index in [0.29, 0.717) is 12.1 Å². The van der Waals surface area contributed by atoms with Crippen LogP contribution in [0.1, 0.15) is 60.6 Å². The number of carbonyl (C=O) groups excluding carboxylic acids is 1. The third-order valence-corrected chi connectivity index (χ3v) is 7.56. The Morgan fingerprint density at radius 3 is 2.46 bits per heavy atom. The third kappa shape index (κ3) is 4.14. The van der Waals surface area contributed by atoms with Gasteiger partial charge in [0.1, 0.15) is 0 Å². The lowest BCUT2D eigenvalue weighted by molar-refractivity contribution is 0.0921. The zero-order chi connectivity index (χ0) is 19.7. The van der Waals surface area contributed by atoms with Crippen molar-refractivity contribution in [1.29, 1.82) is 0 Å². The molecule has 7 heteroatoms. The number of sulfone groups is 1. The number of amides is 1. The Bertz CT molecular complexity index is 957. The van der Waals surface area contributed by atoms with Gasteiger partial charge in [-0.3, -0.25) is 9.48 Å². The van der Waals surface area contributed by atoms with Gasteiger partial charge in [0.2, 0.25) is 0 Å². The van der Waals surface area contributed by atoms with E-state index in [1.165, 1.54) is 6.42 Å². The van der Waals surface area contributed by atoms with Crippen LogP contribution in [0.3, 0.4) is 0 Å². The fourth-order valence-electron chi connectivity index (χ4n) is 4.20. The van der Waals surface area contributed by atoms with Crippen LogP contribution in [0, 0.1) is 6.92 Å². The van der Waals surface area contributed by atoms with Gasteiger partial charge in [0.05, 0.1) is 23.2 Å². The van der Waals surface area contributed by atoms with Crippen molar-refractivity contribution in [2.24, 2.45) is 0 Å². The van der Waals surface area contributed by atoms with Crippen molar-refractivity contribution < 1.29 is 13.2 Å². The summed E-state index contributed by atoms with van der Waals surface area (Å²) in [5.41, 5.74) is 3.26. The quantitative estimate of drug-likeness (QED) is 0.852. The average Bonchev–Trinajstić information content (AvgIpc) is 3.27. The molecule has 6 nitrogen and oxygen atoms in total. The SMILES string of the molecule is Cc1ccc(-c2cc(C(=O)NC3CCCCC3)nn2C2CCS(=O)(=O)C2)cc1. The number of rotatable bonds is 4. The Labute approximate surface area is 166 Å². The van der Waals surface area contributed by atoms with Gasteiger partial charge in [-0.2, -0.15) is 5.10 Å². The number of hydrogen-bond donors (Lipinski definition) is 1. The molecule has 1 atom stereocenters. The van der Waals surface area contributed by atoms with E-state index in [0.717, 1.165) is 42.5 Å². The molecule has 28 heavy (non-hydrogen) atoms. The Kier molecular flexibility index (Phi) is 5.27. The Morgan fingerprint density at radius 2 is 1.82 bits per heavy atom. The van der Waals surface area contributed by atoms with Gasteiger partial charge in [-0.25, -0.2) is 8.42 Å². The summed E-state index contributed by atoms with van der Waals surface area (Å²) in [6, 6.07) is 9.80. The first-order valence-electron chi connectivity index (χ1n) is 10.1. The third-order valence-electron chi connectivity index (χ3n) is 5.81. The molecule has 0 bridgehead atoms. The first-order valence-corrected chi connectivity index (χ1v) is 11.9. The molecular weight excluding hydrogens is 374 g/mol. The minimum Gasteiger partial charge on any atom is -0.348 e. The van der Waals surface area contributed by atoms with Gasteiger partial charge in [-0.05, 0) is 37.8 Å². The van der Waals surface area contributed by atoms with Gasteiger partial charge < -0.3 is 5.32 Å². The molecule has 0 radical (unpaired) electrons. The number of hydrogen-bond acceptors (Lipinski definition) is 4. The molecule has 2 fully saturated rings. The zero-order valence-corrected chi connectivity index (χ0v) is 17.0. The van der Waals surface area contributed by atoms with Crippen molar-refractivity contribution in [3.05, 3.63) is 41.6 Å². The maximum atomic E-state index is 12.8. The standard InChI is InChI=1S/C21H27N3O3S/c1-15-7-9-16(10-8-15)20-13-19(21(25)22-17-5-3-2-4-6-17)23-24(20)18-11-12-28(26,27)14-18/h7-10,13,17-18H,2-6,11-12,14H2,1H3,(H,22,25). The molecule has 1 aliphatic heterocycles. The monoisotopic (exact) mass is 401 g/mol. The molecule has 2 heterocycles. The molecule has 1 aliphatic carbocycles. The first-order chi connectivity index (χ1) is 13.4. The van der Waals surface area contributed by atoms with Gasteiger partial charge in [-0.1, -0.05) is 49.1 Å². The van der Waals surface area contributed by atoms with Crippen LogP contribution >= 0.6 is 0 Å². The number of nitrogens with zero attached hydrogens (tertiary/aromatic N) is 2. The highest BCUT2D eigenvalue weighted by molar-refractivity contribution is 7.91. The van der Waals surface area contributed by atoms with Crippen molar-refractivity contribution >= 4 is 15.7 Å². The second kappa shape index (κ2) is 7.70. The Hall–Kier alpha value is -2.15. The lowest BCUT2D eigenvalue weighted by Crippen LogP contribution is -2.36. The number of benzene rings is 1. The maximum Gasteiger partial charge on any atom is 0.272 e. The van der Waals surface area contributed by atoms with E-state index in [9.17, 15) is 13.2 Å². The highest BCUT2D eigenvalue weighted by atomic mass is 32.2. The van der Waals surface area contributed by atoms with Crippen molar-refractivity contribution in [3.63, 3.8) is 0 Å². The minimum absolute atomic E-state index is 0.0806. The topological polar surface area (TPSA) is 81.1 Å². The van der Waals surface area contributed by atoms with Crippen LogP contribution in [0.25, 0.3) is 11.3 Å². The van der Waals surface area contributed by atoms with Gasteiger partial charge in [0.25, 0.3) is 5.91 Å². The summed E-state index contributed by atoms with van der Waals surface area (Å²) in [6.07, 6.45) is 6.08. The average molecular weight is 402 g/mol. The van der Waals surface area contributed by atoms with Crippen LogP contribution < -0.4 is 5.32 Å². The van der Waals surface area contributed by atoms with Gasteiger partial charge in [-0.15, -0.1) is 0 Å². The van der Waals surface area contributed by atoms with E-state index in [1.54, 1.807) is 10.7 Å². The number of nitrogens with one attached hydrogen (secondary N) is 1. The summed E-state index contributed by atoms with van der Waals surface area (Å²) in [5, 5.41) is 7.67. The molecule has 1 amide bonds. The highest BCUT2D eigenvalue weighted by Crippen LogP contribution is 2.30. The second-order valence-electron chi connectivity index (χ2n) is 8.09. The van der Waals surface area contributed by atoms with E-state index in [-0.39, 0.29) is 29.5 Å². The van der Waals surface area contributed by atoms with Gasteiger partial charge in [0.15, 0.2) is 15.5 Å². The molecule has 1 N–H and O–H groups in total. The van der Waals surface area contributed by atoms with Crippen LogP contribution in [0.5, 0.6) is 0 Å². The summed E-state index contributed by atoms with van der Waals surface area (Å²) in [5.74, 6) is 0.0889. The summed E-state index contributed by atoms with van der Waals surface area (Å²) in [7, 11) is -3.04. The van der Waals surface area contributed by atoms with E-state index >= 15 is 0 Å². The van der Waals surface area contributed by atoms with E-state index in [2.05, 4.69) is 10.4 Å². The molecule has 2 aliphatic rings. The zero-order valence-electron chi connectivity index (χ0n) is 16.2. The van der Waals surface area contributed by atoms with Gasteiger partial charge >= 0.3 is 0 Å². The van der Waals surface area contributed by atoms with Crippen molar-refractivity contribution in [3.8, 4) is 11.3 Å². The number of aromatic nitrogens is 2. The lowest BCUT2D eigenvalue weighted by Gasteiger charge is -2.22. The molecule has 2 aromatic rings. The molecular formula is C21H27N3O3S. The summed E-state index contributed by atoms with van der Waals surface area (Å²) >= 11 is 0. The fraction of sp³-hybridized carbons (Fsp3) is 0.524. The van der Waals surface area contributed by atoms with E-state index in [4.69, 9.17) is 0 Å². The van der Waals surface area contributed by atoms with Crippen LogP contribution in [0.4, 0.5) is 0 Å². The number of aryl methyl sites for hydroxylation is 1. The molecule has 1 saturated carbocycles. The van der Waals surface area contributed by atoms with Crippen molar-refractivity contribution in [2.75, 3.05) is 11.5 Å². The summed E-state index contributed by atoms with van der Waals surface area (Å²) < 4.78 is 25.7. The summed E-state index contributed by atoms with van der Waals surface area (Å²) in [4.78, 5) is 12.8. The van der Waals surface area contributed by atoms with Crippen LogP contribution in [-0.4, -0.2) is 41.7 Å². The number of carbonyl (C=O) groups is 1. The lowest BCUT2D eigenvalue weighted by atomic mass is 9.95. The van der Waals surface area contributed by atoms with E-state index in [1.807, 2.05) is 31.2 Å². The highest BCUT2D eigenvalue weighted by Gasteiger charge is 2.32. The predicted molar refractivity (Wildman–Crippen MR) is 109 cm³/mol. The molecule has 4 rings (SSSR count).